The van der Waals surface area contributed by atoms with Gasteiger partial charge in [-0.3, -0.25) is 9.89 Å². The van der Waals surface area contributed by atoms with Gasteiger partial charge in [0.2, 0.25) is 5.88 Å². The maximum atomic E-state index is 11.9. The van der Waals surface area contributed by atoms with E-state index in [1.165, 1.54) is 0 Å². The molecule has 1 aliphatic carbocycles. The Bertz CT molecular complexity index is 592. The molecule has 0 aliphatic heterocycles. The number of aromatic amines is 1. The molecule has 3 rings (SSSR count). The lowest BCUT2D eigenvalue weighted by Crippen LogP contribution is -2.32. The average molecular weight is 314 g/mol. The standard InChI is InChI=1S/C17H22N4O2/c22-17(15-10-20-21-11-15)19-9-13-4-6-14(7-5-13)12-23-16-3-1-2-8-18-16/h1-3,8,10-11,13-14H,4-7,9,12H2,(H,19,22)(H,20,21). The Labute approximate surface area is 135 Å². The fourth-order valence-corrected chi connectivity index (χ4v) is 2.95. The highest BCUT2D eigenvalue weighted by Crippen LogP contribution is 2.28. The first-order chi connectivity index (χ1) is 11.3. The molecule has 2 aromatic rings. The molecule has 1 aliphatic rings. The normalized spacial score (nSPS) is 20.9. The van der Waals surface area contributed by atoms with Crippen LogP contribution in [0.2, 0.25) is 0 Å². The topological polar surface area (TPSA) is 79.9 Å². The summed E-state index contributed by atoms with van der Waals surface area (Å²) in [5, 5.41) is 9.43. The van der Waals surface area contributed by atoms with E-state index in [2.05, 4.69) is 20.5 Å². The second kappa shape index (κ2) is 7.76. The lowest BCUT2D eigenvalue weighted by Gasteiger charge is -2.28. The maximum Gasteiger partial charge on any atom is 0.254 e. The summed E-state index contributed by atoms with van der Waals surface area (Å²) in [5.74, 6) is 1.77. The smallest absolute Gasteiger partial charge is 0.254 e. The fraction of sp³-hybridized carbons (Fsp3) is 0.471. The number of ether oxygens (including phenoxy) is 1. The van der Waals surface area contributed by atoms with Crippen molar-refractivity contribution >= 4 is 5.91 Å². The van der Waals surface area contributed by atoms with Crippen molar-refractivity contribution in [2.45, 2.75) is 25.7 Å². The highest BCUT2D eigenvalue weighted by molar-refractivity contribution is 5.93. The van der Waals surface area contributed by atoms with E-state index in [1.807, 2.05) is 18.2 Å². The van der Waals surface area contributed by atoms with Crippen LogP contribution in [0.1, 0.15) is 36.0 Å². The number of aromatic nitrogens is 3. The van der Waals surface area contributed by atoms with Crippen LogP contribution >= 0.6 is 0 Å². The van der Waals surface area contributed by atoms with E-state index in [4.69, 9.17) is 4.74 Å². The van der Waals surface area contributed by atoms with Crippen molar-refractivity contribution in [3.8, 4) is 5.88 Å². The van der Waals surface area contributed by atoms with Crippen molar-refractivity contribution in [2.24, 2.45) is 11.8 Å². The van der Waals surface area contributed by atoms with E-state index in [1.54, 1.807) is 18.6 Å². The van der Waals surface area contributed by atoms with E-state index in [-0.39, 0.29) is 5.91 Å². The van der Waals surface area contributed by atoms with Crippen LogP contribution < -0.4 is 10.1 Å². The second-order valence-corrected chi connectivity index (χ2v) is 6.06. The van der Waals surface area contributed by atoms with Crippen LogP contribution in [0.25, 0.3) is 0 Å². The van der Waals surface area contributed by atoms with Gasteiger partial charge in [-0.25, -0.2) is 4.98 Å². The maximum absolute atomic E-state index is 11.9. The zero-order valence-electron chi connectivity index (χ0n) is 13.1. The van der Waals surface area contributed by atoms with Gasteiger partial charge in [-0.15, -0.1) is 0 Å². The second-order valence-electron chi connectivity index (χ2n) is 6.06. The fourth-order valence-electron chi connectivity index (χ4n) is 2.95. The van der Waals surface area contributed by atoms with Gasteiger partial charge in [0.15, 0.2) is 0 Å². The molecule has 0 unspecified atom stereocenters. The molecule has 0 spiro atoms. The lowest BCUT2D eigenvalue weighted by molar-refractivity contribution is 0.0938. The van der Waals surface area contributed by atoms with E-state index < -0.39 is 0 Å². The molecule has 6 heteroatoms. The van der Waals surface area contributed by atoms with Crippen LogP contribution in [0.4, 0.5) is 0 Å². The summed E-state index contributed by atoms with van der Waals surface area (Å²) in [4.78, 5) is 16.0. The molecular formula is C17H22N4O2. The number of pyridine rings is 1. The SMILES string of the molecule is O=C(NCC1CCC(COc2ccccn2)CC1)c1cn[nH]c1. The van der Waals surface area contributed by atoms with Crippen LogP contribution in [0.3, 0.4) is 0 Å². The summed E-state index contributed by atoms with van der Waals surface area (Å²) >= 11 is 0. The van der Waals surface area contributed by atoms with E-state index >= 15 is 0 Å². The Morgan fingerprint density at radius 3 is 2.78 bits per heavy atom. The van der Waals surface area contributed by atoms with Crippen LogP contribution in [-0.4, -0.2) is 34.2 Å². The zero-order valence-corrected chi connectivity index (χ0v) is 13.1. The van der Waals surface area contributed by atoms with Crippen molar-refractivity contribution in [1.29, 1.82) is 0 Å². The molecule has 2 heterocycles. The number of carbonyl (C=O) groups excluding carboxylic acids is 1. The van der Waals surface area contributed by atoms with E-state index in [9.17, 15) is 4.79 Å². The number of hydrogen-bond acceptors (Lipinski definition) is 4. The molecule has 0 bridgehead atoms. The summed E-state index contributed by atoms with van der Waals surface area (Å²) in [6.45, 7) is 1.46. The summed E-state index contributed by atoms with van der Waals surface area (Å²) in [6.07, 6.45) is 9.43. The van der Waals surface area contributed by atoms with Gasteiger partial charge in [-0.05, 0) is 43.6 Å². The first-order valence-electron chi connectivity index (χ1n) is 8.12. The number of rotatable bonds is 6. The Balaban J connectivity index is 1.34. The molecule has 0 aromatic carbocycles. The number of amides is 1. The summed E-state index contributed by atoms with van der Waals surface area (Å²) in [7, 11) is 0. The van der Waals surface area contributed by atoms with E-state index in [0.717, 1.165) is 38.8 Å². The van der Waals surface area contributed by atoms with Crippen molar-refractivity contribution in [3.63, 3.8) is 0 Å². The number of carbonyl (C=O) groups is 1. The van der Waals surface area contributed by atoms with Gasteiger partial charge in [0.05, 0.1) is 18.4 Å². The molecule has 122 valence electrons. The largest absolute Gasteiger partial charge is 0.477 e. The third-order valence-corrected chi connectivity index (χ3v) is 4.38. The minimum Gasteiger partial charge on any atom is -0.477 e. The Morgan fingerprint density at radius 2 is 2.09 bits per heavy atom. The molecule has 1 saturated carbocycles. The predicted octanol–water partition coefficient (Wildman–Crippen LogP) is 2.42. The highest BCUT2D eigenvalue weighted by atomic mass is 16.5. The van der Waals surface area contributed by atoms with Gasteiger partial charge in [0, 0.05) is 25.0 Å². The minimum atomic E-state index is -0.0561. The molecule has 6 nitrogen and oxygen atoms in total. The van der Waals surface area contributed by atoms with Crippen molar-refractivity contribution < 1.29 is 9.53 Å². The Hall–Kier alpha value is -2.37. The Morgan fingerprint density at radius 1 is 1.26 bits per heavy atom. The molecular weight excluding hydrogens is 292 g/mol. The predicted molar refractivity (Wildman–Crippen MR) is 86.1 cm³/mol. The number of nitrogens with one attached hydrogen (secondary N) is 2. The molecule has 0 radical (unpaired) electrons. The van der Waals surface area contributed by atoms with Crippen LogP contribution in [0.15, 0.2) is 36.8 Å². The van der Waals surface area contributed by atoms with Crippen LogP contribution in [0.5, 0.6) is 5.88 Å². The Kier molecular flexibility index (Phi) is 5.24. The van der Waals surface area contributed by atoms with Gasteiger partial charge in [0.1, 0.15) is 0 Å². The summed E-state index contributed by atoms with van der Waals surface area (Å²) < 4.78 is 5.74. The molecule has 0 atom stereocenters. The first-order valence-corrected chi connectivity index (χ1v) is 8.12. The number of H-pyrrole nitrogens is 1. The molecule has 2 N–H and O–H groups in total. The number of nitrogens with zero attached hydrogens (tertiary/aromatic N) is 2. The molecule has 1 fully saturated rings. The van der Waals surface area contributed by atoms with Crippen LogP contribution in [-0.2, 0) is 0 Å². The minimum absolute atomic E-state index is 0.0561. The van der Waals surface area contributed by atoms with Crippen molar-refractivity contribution in [2.75, 3.05) is 13.2 Å². The van der Waals surface area contributed by atoms with Gasteiger partial charge in [-0.2, -0.15) is 5.10 Å². The molecule has 2 aromatic heterocycles. The first kappa shape index (κ1) is 15.5. The van der Waals surface area contributed by atoms with Crippen LogP contribution in [0, 0.1) is 11.8 Å². The summed E-state index contributed by atoms with van der Waals surface area (Å²) in [5.41, 5.74) is 0.586. The van der Waals surface area contributed by atoms with Crippen molar-refractivity contribution in [3.05, 3.63) is 42.4 Å². The average Bonchev–Trinajstić information content (AvgIpc) is 3.14. The summed E-state index contributed by atoms with van der Waals surface area (Å²) in [6, 6.07) is 5.70. The molecule has 23 heavy (non-hydrogen) atoms. The quantitative estimate of drug-likeness (QED) is 0.858. The lowest BCUT2D eigenvalue weighted by atomic mass is 9.82. The van der Waals surface area contributed by atoms with E-state index in [0.29, 0.717) is 23.3 Å². The highest BCUT2D eigenvalue weighted by Gasteiger charge is 2.22. The van der Waals surface area contributed by atoms with Gasteiger partial charge in [-0.1, -0.05) is 6.07 Å². The van der Waals surface area contributed by atoms with Gasteiger partial charge >= 0.3 is 0 Å². The molecule has 0 saturated heterocycles. The van der Waals surface area contributed by atoms with Gasteiger partial charge < -0.3 is 10.1 Å². The van der Waals surface area contributed by atoms with Gasteiger partial charge in [0.25, 0.3) is 5.91 Å². The van der Waals surface area contributed by atoms with Crippen molar-refractivity contribution in [1.82, 2.24) is 20.5 Å². The monoisotopic (exact) mass is 314 g/mol. The zero-order chi connectivity index (χ0) is 15.9. The third-order valence-electron chi connectivity index (χ3n) is 4.38. The third kappa shape index (κ3) is 4.55. The number of hydrogen-bond donors (Lipinski definition) is 2. The molecule has 1 amide bonds.